The van der Waals surface area contributed by atoms with Gasteiger partial charge in [-0.3, -0.25) is 0 Å². The molecule has 0 saturated heterocycles. The van der Waals surface area contributed by atoms with Crippen molar-refractivity contribution in [2.45, 2.75) is 45.1 Å². The van der Waals surface area contributed by atoms with Crippen LogP contribution in [-0.2, 0) is 0 Å². The second kappa shape index (κ2) is 6.72. The van der Waals surface area contributed by atoms with Crippen molar-refractivity contribution in [1.29, 1.82) is 0 Å². The van der Waals surface area contributed by atoms with Gasteiger partial charge in [-0.15, -0.1) is 0 Å². The maximum Gasteiger partial charge on any atom is 0.0346 e. The third-order valence-electron chi connectivity index (χ3n) is 4.39. The summed E-state index contributed by atoms with van der Waals surface area (Å²) in [5.41, 5.74) is 1.42. The molecule has 0 aromatic heterocycles. The number of hydrogen-bond donors (Lipinski definition) is 1. The Balaban J connectivity index is 2.12. The molecule has 0 amide bonds. The summed E-state index contributed by atoms with van der Waals surface area (Å²) in [6.07, 6.45) is 6.92. The summed E-state index contributed by atoms with van der Waals surface area (Å²) in [6.45, 7) is 2.33. The van der Waals surface area contributed by atoms with Crippen molar-refractivity contribution in [2.24, 2.45) is 11.8 Å². The molecular formula is C16H24BrN. The Morgan fingerprint density at radius 2 is 2.22 bits per heavy atom. The predicted molar refractivity (Wildman–Crippen MR) is 81.7 cm³/mol. The minimum Gasteiger partial charge on any atom is -0.313 e. The molecular weight excluding hydrogens is 286 g/mol. The van der Waals surface area contributed by atoms with Gasteiger partial charge in [0.25, 0.3) is 0 Å². The number of benzene rings is 1. The van der Waals surface area contributed by atoms with Crippen LogP contribution in [0.3, 0.4) is 0 Å². The molecule has 1 saturated carbocycles. The number of rotatable bonds is 4. The molecule has 18 heavy (non-hydrogen) atoms. The molecule has 2 rings (SSSR count). The zero-order chi connectivity index (χ0) is 13.0. The van der Waals surface area contributed by atoms with Gasteiger partial charge in [0.2, 0.25) is 0 Å². The zero-order valence-corrected chi connectivity index (χ0v) is 13.0. The molecule has 1 fully saturated rings. The van der Waals surface area contributed by atoms with Crippen molar-refractivity contribution in [3.05, 3.63) is 34.3 Å². The molecule has 3 atom stereocenters. The number of nitrogens with one attached hydrogen (secondary N) is 1. The Labute approximate surface area is 119 Å². The van der Waals surface area contributed by atoms with Gasteiger partial charge in [0.05, 0.1) is 0 Å². The summed E-state index contributed by atoms with van der Waals surface area (Å²) in [6, 6.07) is 9.27. The van der Waals surface area contributed by atoms with Gasteiger partial charge in [-0.1, -0.05) is 54.2 Å². The van der Waals surface area contributed by atoms with Crippen LogP contribution in [0.5, 0.6) is 0 Å². The molecule has 0 bridgehead atoms. The molecule has 1 aromatic rings. The first-order valence-corrected chi connectivity index (χ1v) is 7.96. The molecule has 0 radical (unpaired) electrons. The van der Waals surface area contributed by atoms with E-state index in [1.165, 1.54) is 42.1 Å². The third-order valence-corrected chi connectivity index (χ3v) is 4.88. The fourth-order valence-corrected chi connectivity index (χ4v) is 3.80. The summed E-state index contributed by atoms with van der Waals surface area (Å²) < 4.78 is 1.18. The predicted octanol–water partition coefficient (Wildman–Crippen LogP) is 4.93. The van der Waals surface area contributed by atoms with Gasteiger partial charge in [0, 0.05) is 10.5 Å². The van der Waals surface area contributed by atoms with Gasteiger partial charge in [-0.2, -0.15) is 0 Å². The fourth-order valence-electron chi connectivity index (χ4n) is 3.38. The van der Waals surface area contributed by atoms with Gasteiger partial charge < -0.3 is 5.32 Å². The van der Waals surface area contributed by atoms with Crippen LogP contribution < -0.4 is 5.32 Å². The van der Waals surface area contributed by atoms with E-state index < -0.39 is 0 Å². The molecule has 3 unspecified atom stereocenters. The Morgan fingerprint density at radius 1 is 1.39 bits per heavy atom. The molecule has 0 aliphatic heterocycles. The lowest BCUT2D eigenvalue weighted by molar-refractivity contribution is 0.214. The second-order valence-electron chi connectivity index (χ2n) is 5.52. The molecule has 1 aromatic carbocycles. The maximum absolute atomic E-state index is 3.58. The van der Waals surface area contributed by atoms with E-state index in [2.05, 4.69) is 59.5 Å². The van der Waals surface area contributed by atoms with Crippen molar-refractivity contribution in [1.82, 2.24) is 5.32 Å². The summed E-state index contributed by atoms with van der Waals surface area (Å²) in [5.74, 6) is 1.73. The summed E-state index contributed by atoms with van der Waals surface area (Å²) in [5, 5.41) is 3.54. The first-order chi connectivity index (χ1) is 8.74. The monoisotopic (exact) mass is 309 g/mol. The fraction of sp³-hybridized carbons (Fsp3) is 0.625. The van der Waals surface area contributed by atoms with E-state index in [1.807, 2.05) is 0 Å². The van der Waals surface area contributed by atoms with E-state index in [0.717, 1.165) is 11.8 Å². The zero-order valence-electron chi connectivity index (χ0n) is 11.5. The lowest BCUT2D eigenvalue weighted by atomic mass is 9.75. The normalized spacial score (nSPS) is 25.9. The van der Waals surface area contributed by atoms with Crippen LogP contribution in [0.2, 0.25) is 0 Å². The van der Waals surface area contributed by atoms with Crippen molar-refractivity contribution < 1.29 is 0 Å². The van der Waals surface area contributed by atoms with Crippen LogP contribution in [0, 0.1) is 11.8 Å². The number of halogens is 1. The molecule has 1 aliphatic rings. The van der Waals surface area contributed by atoms with E-state index in [4.69, 9.17) is 0 Å². The first-order valence-electron chi connectivity index (χ1n) is 7.17. The highest BCUT2D eigenvalue weighted by atomic mass is 79.9. The Morgan fingerprint density at radius 3 is 2.89 bits per heavy atom. The highest BCUT2D eigenvalue weighted by Crippen LogP contribution is 2.38. The van der Waals surface area contributed by atoms with Gasteiger partial charge >= 0.3 is 0 Å². The van der Waals surface area contributed by atoms with E-state index in [-0.39, 0.29) is 0 Å². The first kappa shape index (κ1) is 14.1. The van der Waals surface area contributed by atoms with Crippen LogP contribution in [0.15, 0.2) is 28.7 Å². The molecule has 0 spiro atoms. The summed E-state index contributed by atoms with van der Waals surface area (Å²) >= 11 is 3.58. The van der Waals surface area contributed by atoms with E-state index >= 15 is 0 Å². The minimum atomic E-state index is 0.511. The van der Waals surface area contributed by atoms with Crippen LogP contribution in [-0.4, -0.2) is 7.05 Å². The molecule has 1 nitrogen and oxygen atoms in total. The summed E-state index contributed by atoms with van der Waals surface area (Å²) in [7, 11) is 2.10. The van der Waals surface area contributed by atoms with Gasteiger partial charge in [0.1, 0.15) is 0 Å². The van der Waals surface area contributed by atoms with E-state index in [0.29, 0.717) is 6.04 Å². The second-order valence-corrected chi connectivity index (χ2v) is 6.44. The Bertz CT molecular complexity index is 377. The SMILES string of the molecule is CCC1CCCC(C(NC)c2cccc(Br)c2)C1. The van der Waals surface area contributed by atoms with E-state index in [9.17, 15) is 0 Å². The quantitative estimate of drug-likeness (QED) is 0.832. The topological polar surface area (TPSA) is 12.0 Å². The maximum atomic E-state index is 3.58. The highest BCUT2D eigenvalue weighted by molar-refractivity contribution is 9.10. The van der Waals surface area contributed by atoms with Gasteiger partial charge in [0.15, 0.2) is 0 Å². The molecule has 1 N–H and O–H groups in total. The highest BCUT2D eigenvalue weighted by Gasteiger charge is 2.27. The van der Waals surface area contributed by atoms with Crippen molar-refractivity contribution in [2.75, 3.05) is 7.05 Å². The van der Waals surface area contributed by atoms with Crippen LogP contribution in [0.25, 0.3) is 0 Å². The average molecular weight is 310 g/mol. The largest absolute Gasteiger partial charge is 0.313 e. The average Bonchev–Trinajstić information content (AvgIpc) is 2.40. The molecule has 2 heteroatoms. The standard InChI is InChI=1S/C16H24BrN/c1-3-12-6-4-7-13(10-12)16(18-2)14-8-5-9-15(17)11-14/h5,8-9,11-13,16,18H,3-4,6-7,10H2,1-2H3. The lowest BCUT2D eigenvalue weighted by Gasteiger charge is -2.34. The van der Waals surface area contributed by atoms with Crippen LogP contribution >= 0.6 is 15.9 Å². The summed E-state index contributed by atoms with van der Waals surface area (Å²) in [4.78, 5) is 0. The van der Waals surface area contributed by atoms with Crippen molar-refractivity contribution in [3.8, 4) is 0 Å². The van der Waals surface area contributed by atoms with Gasteiger partial charge in [-0.05, 0) is 49.4 Å². The molecule has 0 heterocycles. The molecule has 100 valence electrons. The van der Waals surface area contributed by atoms with Crippen LogP contribution in [0.1, 0.15) is 50.6 Å². The third kappa shape index (κ3) is 3.36. The van der Waals surface area contributed by atoms with Crippen LogP contribution in [0.4, 0.5) is 0 Å². The van der Waals surface area contributed by atoms with Gasteiger partial charge in [-0.25, -0.2) is 0 Å². The van der Waals surface area contributed by atoms with Crippen molar-refractivity contribution >= 4 is 15.9 Å². The van der Waals surface area contributed by atoms with Crippen molar-refractivity contribution in [3.63, 3.8) is 0 Å². The minimum absolute atomic E-state index is 0.511. The van der Waals surface area contributed by atoms with E-state index in [1.54, 1.807) is 0 Å². The lowest BCUT2D eigenvalue weighted by Crippen LogP contribution is -2.29. The Hall–Kier alpha value is -0.340. The smallest absolute Gasteiger partial charge is 0.0346 e. The Kier molecular flexibility index (Phi) is 5.25. The molecule has 1 aliphatic carbocycles. The number of hydrogen-bond acceptors (Lipinski definition) is 1.